The van der Waals surface area contributed by atoms with Crippen LogP contribution in [0.2, 0.25) is 0 Å². The Balaban J connectivity index is 1.99. The van der Waals surface area contributed by atoms with Crippen molar-refractivity contribution in [2.75, 3.05) is 32.8 Å². The molecule has 15 heavy (non-hydrogen) atoms. The van der Waals surface area contributed by atoms with Crippen LogP contribution in [0.3, 0.4) is 0 Å². The van der Waals surface area contributed by atoms with Crippen molar-refractivity contribution in [2.45, 2.75) is 24.9 Å². The van der Waals surface area contributed by atoms with Crippen molar-refractivity contribution in [3.63, 3.8) is 0 Å². The lowest BCUT2D eigenvalue weighted by Gasteiger charge is -2.40. The Morgan fingerprint density at radius 2 is 2.13 bits per heavy atom. The number of carboxylic acids is 1. The molecule has 2 atom stereocenters. The van der Waals surface area contributed by atoms with E-state index in [-0.39, 0.29) is 6.04 Å². The van der Waals surface area contributed by atoms with E-state index in [0.29, 0.717) is 0 Å². The minimum atomic E-state index is -0.730. The number of nitrogens with zero attached hydrogens (tertiary/aromatic N) is 1. The molecule has 2 N–H and O–H groups in total. The highest BCUT2D eigenvalue weighted by molar-refractivity contribution is 5.74. The lowest BCUT2D eigenvalue weighted by atomic mass is 9.96. The van der Waals surface area contributed by atoms with Crippen LogP contribution in [-0.4, -0.2) is 60.9 Å². The Bertz CT molecular complexity index is 229. The van der Waals surface area contributed by atoms with Crippen LogP contribution in [0.4, 0.5) is 0 Å². The van der Waals surface area contributed by atoms with Crippen LogP contribution in [0.25, 0.3) is 0 Å². The normalized spacial score (nSPS) is 33.9. The summed E-state index contributed by atoms with van der Waals surface area (Å²) >= 11 is 0. The van der Waals surface area contributed by atoms with Crippen LogP contribution >= 0.6 is 0 Å². The van der Waals surface area contributed by atoms with Crippen molar-refractivity contribution in [1.82, 2.24) is 10.2 Å². The summed E-state index contributed by atoms with van der Waals surface area (Å²) in [6.45, 7) is 3.98. The number of rotatable bonds is 2. The molecule has 0 aromatic heterocycles. The highest BCUT2D eigenvalue weighted by Gasteiger charge is 2.35. The molecule has 0 amide bonds. The van der Waals surface area contributed by atoms with Crippen molar-refractivity contribution >= 4 is 5.97 Å². The predicted molar refractivity (Wildman–Crippen MR) is 54.8 cm³/mol. The van der Waals surface area contributed by atoms with E-state index in [1.165, 1.54) is 0 Å². The number of ether oxygens (including phenoxy) is 1. The summed E-state index contributed by atoms with van der Waals surface area (Å²) in [5.41, 5.74) is 0. The Kier molecular flexibility index (Phi) is 3.56. The zero-order valence-electron chi connectivity index (χ0n) is 8.82. The molecule has 0 bridgehead atoms. The van der Waals surface area contributed by atoms with Gasteiger partial charge in [0.2, 0.25) is 0 Å². The fourth-order valence-corrected chi connectivity index (χ4v) is 2.43. The number of morpholine rings is 1. The molecule has 5 nitrogen and oxygen atoms in total. The Morgan fingerprint density at radius 3 is 2.80 bits per heavy atom. The maximum atomic E-state index is 11.1. The standard InChI is InChI=1S/C10H18N2O3/c13-10(14)9-8(2-1-3-11-9)12-4-6-15-7-5-12/h8-9,11H,1-7H2,(H,13,14). The van der Waals surface area contributed by atoms with Crippen molar-refractivity contribution in [3.8, 4) is 0 Å². The van der Waals surface area contributed by atoms with Gasteiger partial charge < -0.3 is 15.2 Å². The minimum absolute atomic E-state index is 0.139. The molecule has 86 valence electrons. The molecule has 0 aliphatic carbocycles. The zero-order chi connectivity index (χ0) is 10.7. The lowest BCUT2D eigenvalue weighted by Crippen LogP contribution is -2.59. The summed E-state index contributed by atoms with van der Waals surface area (Å²) in [5.74, 6) is -0.730. The Morgan fingerprint density at radius 1 is 1.40 bits per heavy atom. The second-order valence-electron chi connectivity index (χ2n) is 4.13. The zero-order valence-corrected chi connectivity index (χ0v) is 8.82. The number of carboxylic acid groups (broad SMARTS) is 1. The molecule has 2 saturated heterocycles. The third-order valence-electron chi connectivity index (χ3n) is 3.21. The molecular formula is C10H18N2O3. The van der Waals surface area contributed by atoms with E-state index in [0.717, 1.165) is 45.7 Å². The van der Waals surface area contributed by atoms with Crippen LogP contribution in [0, 0.1) is 0 Å². The van der Waals surface area contributed by atoms with E-state index in [9.17, 15) is 4.79 Å². The fourth-order valence-electron chi connectivity index (χ4n) is 2.43. The highest BCUT2D eigenvalue weighted by Crippen LogP contribution is 2.17. The largest absolute Gasteiger partial charge is 0.480 e. The third kappa shape index (κ3) is 2.48. The average Bonchev–Trinajstić information content (AvgIpc) is 2.30. The van der Waals surface area contributed by atoms with Gasteiger partial charge in [-0.3, -0.25) is 9.69 Å². The first kappa shape index (κ1) is 10.9. The van der Waals surface area contributed by atoms with Crippen LogP contribution in [0.15, 0.2) is 0 Å². The van der Waals surface area contributed by atoms with Gasteiger partial charge in [0.15, 0.2) is 0 Å². The van der Waals surface area contributed by atoms with Crippen LogP contribution < -0.4 is 5.32 Å². The first-order valence-corrected chi connectivity index (χ1v) is 5.57. The maximum Gasteiger partial charge on any atom is 0.322 e. The Hall–Kier alpha value is -0.650. The average molecular weight is 214 g/mol. The monoisotopic (exact) mass is 214 g/mol. The molecule has 0 spiro atoms. The molecule has 0 aromatic carbocycles. The smallest absolute Gasteiger partial charge is 0.322 e. The maximum absolute atomic E-state index is 11.1. The summed E-state index contributed by atoms with van der Waals surface area (Å²) in [7, 11) is 0. The van der Waals surface area contributed by atoms with Gasteiger partial charge >= 0.3 is 5.97 Å². The van der Waals surface area contributed by atoms with Crippen LogP contribution in [-0.2, 0) is 9.53 Å². The van der Waals surface area contributed by atoms with Gasteiger partial charge in [-0.2, -0.15) is 0 Å². The molecule has 2 rings (SSSR count). The summed E-state index contributed by atoms with van der Waals surface area (Å²) in [6.07, 6.45) is 2.04. The minimum Gasteiger partial charge on any atom is -0.480 e. The molecule has 2 unspecified atom stereocenters. The quantitative estimate of drug-likeness (QED) is 0.650. The molecule has 0 saturated carbocycles. The molecule has 0 aromatic rings. The SMILES string of the molecule is O=C(O)C1NCCCC1N1CCOCC1. The summed E-state index contributed by atoms with van der Waals surface area (Å²) in [5, 5.41) is 12.2. The number of nitrogens with one attached hydrogen (secondary N) is 1. The number of piperidine rings is 1. The molecular weight excluding hydrogens is 196 g/mol. The van der Waals surface area contributed by atoms with Crippen LogP contribution in [0.5, 0.6) is 0 Å². The first-order valence-electron chi connectivity index (χ1n) is 5.57. The topological polar surface area (TPSA) is 61.8 Å². The van der Waals surface area contributed by atoms with Gasteiger partial charge in [0, 0.05) is 19.1 Å². The summed E-state index contributed by atoms with van der Waals surface area (Å²) in [6, 6.07) is -0.267. The van der Waals surface area contributed by atoms with E-state index in [1.807, 2.05) is 0 Å². The van der Waals surface area contributed by atoms with Gasteiger partial charge in [-0.25, -0.2) is 0 Å². The lowest BCUT2D eigenvalue weighted by molar-refractivity contribution is -0.143. The fraction of sp³-hybridized carbons (Fsp3) is 0.900. The number of carbonyl (C=O) groups is 1. The predicted octanol–water partition coefficient (Wildman–Crippen LogP) is -0.476. The number of aliphatic carboxylic acids is 1. The van der Waals surface area contributed by atoms with E-state index in [2.05, 4.69) is 10.2 Å². The van der Waals surface area contributed by atoms with Gasteiger partial charge in [-0.05, 0) is 19.4 Å². The van der Waals surface area contributed by atoms with Crippen molar-refractivity contribution in [1.29, 1.82) is 0 Å². The second-order valence-corrected chi connectivity index (χ2v) is 4.13. The van der Waals surface area contributed by atoms with Crippen molar-refractivity contribution < 1.29 is 14.6 Å². The third-order valence-corrected chi connectivity index (χ3v) is 3.21. The molecule has 5 heteroatoms. The second kappa shape index (κ2) is 4.92. The van der Waals surface area contributed by atoms with Crippen molar-refractivity contribution in [2.24, 2.45) is 0 Å². The van der Waals surface area contributed by atoms with Gasteiger partial charge in [0.25, 0.3) is 0 Å². The highest BCUT2D eigenvalue weighted by atomic mass is 16.5. The van der Waals surface area contributed by atoms with Gasteiger partial charge in [-0.1, -0.05) is 0 Å². The van der Waals surface area contributed by atoms with E-state index in [1.54, 1.807) is 0 Å². The van der Waals surface area contributed by atoms with Crippen molar-refractivity contribution in [3.05, 3.63) is 0 Å². The van der Waals surface area contributed by atoms with Gasteiger partial charge in [-0.15, -0.1) is 0 Å². The molecule has 0 radical (unpaired) electrons. The van der Waals surface area contributed by atoms with E-state index >= 15 is 0 Å². The Labute approximate surface area is 89.4 Å². The van der Waals surface area contributed by atoms with E-state index in [4.69, 9.17) is 9.84 Å². The summed E-state index contributed by atoms with van der Waals surface area (Å²) in [4.78, 5) is 13.3. The molecule has 2 aliphatic heterocycles. The molecule has 2 fully saturated rings. The van der Waals surface area contributed by atoms with Crippen LogP contribution in [0.1, 0.15) is 12.8 Å². The molecule has 2 aliphatic rings. The summed E-state index contributed by atoms with van der Waals surface area (Å²) < 4.78 is 5.28. The van der Waals surface area contributed by atoms with E-state index < -0.39 is 12.0 Å². The first-order chi connectivity index (χ1) is 7.29. The van der Waals surface area contributed by atoms with Gasteiger partial charge in [0.1, 0.15) is 6.04 Å². The molecule has 2 heterocycles. The number of hydrogen-bond donors (Lipinski definition) is 2. The van der Waals surface area contributed by atoms with Gasteiger partial charge in [0.05, 0.1) is 13.2 Å². The number of hydrogen-bond acceptors (Lipinski definition) is 4.